The van der Waals surface area contributed by atoms with Crippen molar-refractivity contribution < 1.29 is 38.0 Å². The zero-order valence-electron chi connectivity index (χ0n) is 42.9. The first-order valence-corrected chi connectivity index (χ1v) is 27.3. The molecule has 0 unspecified atom stereocenters. The number of carbonyl (C=O) groups is 1. The van der Waals surface area contributed by atoms with Crippen LogP contribution in [0.3, 0.4) is 0 Å². The van der Waals surface area contributed by atoms with Crippen LogP contribution in [0.5, 0.6) is 34.5 Å². The third kappa shape index (κ3) is 10.9. The van der Waals surface area contributed by atoms with Crippen LogP contribution < -0.4 is 60.2 Å². The zero-order valence-corrected chi connectivity index (χ0v) is 46.2. The lowest BCUT2D eigenvalue weighted by molar-refractivity contribution is -0.145. The number of methoxy groups -OCH3 is 4. The van der Waals surface area contributed by atoms with Gasteiger partial charge in [-0.2, -0.15) is 0 Å². The molecule has 0 spiro atoms. The van der Waals surface area contributed by atoms with Crippen molar-refractivity contribution in [3.05, 3.63) is 127 Å². The SMILES string of the molecule is CCOC(=O)COc1c(Cl)ccc(P(c2cc(C)c(OC)c(C)c2)c2cc(C)c(OC)c(C)c2)c1-c1c(P(c2cc(C)c(OC)c(C)c2)c2cc(C)c(OC)c(C)c2)ccc(Cl)c1OC1CCCCC1. The van der Waals surface area contributed by atoms with E-state index < -0.39 is 21.8 Å². The van der Waals surface area contributed by atoms with Gasteiger partial charge in [0.1, 0.15) is 34.5 Å². The van der Waals surface area contributed by atoms with Crippen molar-refractivity contribution in [3.8, 4) is 45.6 Å². The van der Waals surface area contributed by atoms with E-state index in [1.807, 2.05) is 12.1 Å². The van der Waals surface area contributed by atoms with Gasteiger partial charge in [-0.1, -0.05) is 41.8 Å². The lowest BCUT2D eigenvalue weighted by Crippen LogP contribution is -2.29. The molecular formula is C58H66Cl2O8P2. The summed E-state index contributed by atoms with van der Waals surface area (Å²) in [6, 6.07) is 26.0. The van der Waals surface area contributed by atoms with E-state index in [-0.39, 0.29) is 19.3 Å². The Hall–Kier alpha value is -4.97. The fourth-order valence-corrected chi connectivity index (χ4v) is 16.3. The summed E-state index contributed by atoms with van der Waals surface area (Å²) in [7, 11) is 3.97. The predicted molar refractivity (Wildman–Crippen MR) is 293 cm³/mol. The lowest BCUT2D eigenvalue weighted by atomic mass is 9.97. The van der Waals surface area contributed by atoms with E-state index in [9.17, 15) is 4.79 Å². The van der Waals surface area contributed by atoms with Crippen LogP contribution in [0.1, 0.15) is 83.5 Å². The summed E-state index contributed by atoms with van der Waals surface area (Å²) in [6.07, 6.45) is 4.93. The minimum absolute atomic E-state index is 0.0887. The molecule has 70 heavy (non-hydrogen) atoms. The monoisotopic (exact) mass is 1020 g/mol. The highest BCUT2D eigenvalue weighted by atomic mass is 35.5. The summed E-state index contributed by atoms with van der Waals surface area (Å²) in [5.74, 6) is 3.71. The zero-order chi connectivity index (χ0) is 50.6. The van der Waals surface area contributed by atoms with Crippen molar-refractivity contribution in [3.63, 3.8) is 0 Å². The Morgan fingerprint density at radius 1 is 0.500 bits per heavy atom. The van der Waals surface area contributed by atoms with Gasteiger partial charge in [0.15, 0.2) is 6.61 Å². The summed E-state index contributed by atoms with van der Waals surface area (Å²) in [4.78, 5) is 13.4. The Bertz CT molecular complexity index is 2700. The molecule has 8 nitrogen and oxygen atoms in total. The summed E-state index contributed by atoms with van der Waals surface area (Å²) in [5, 5.41) is 7.06. The smallest absolute Gasteiger partial charge is 0.344 e. The summed E-state index contributed by atoms with van der Waals surface area (Å²) in [6.45, 7) is 18.3. The van der Waals surface area contributed by atoms with Gasteiger partial charge >= 0.3 is 5.97 Å². The largest absolute Gasteiger partial charge is 0.496 e. The molecule has 0 bridgehead atoms. The third-order valence-electron chi connectivity index (χ3n) is 13.0. The molecule has 12 heteroatoms. The molecule has 1 aliphatic rings. The van der Waals surface area contributed by atoms with E-state index in [1.54, 1.807) is 35.4 Å². The normalized spacial score (nSPS) is 12.9. The average molecular weight is 1020 g/mol. The molecule has 1 fully saturated rings. The average Bonchev–Trinajstić information content (AvgIpc) is 3.30. The van der Waals surface area contributed by atoms with Crippen LogP contribution in [0.2, 0.25) is 10.0 Å². The molecule has 0 aliphatic heterocycles. The van der Waals surface area contributed by atoms with Crippen LogP contribution in [0, 0.1) is 55.4 Å². The number of rotatable bonds is 17. The highest BCUT2D eigenvalue weighted by molar-refractivity contribution is 7.80. The standard InChI is InChI=1S/C58H66Cl2O8P2/c1-14-66-50(61)32-67-57-46(59)20-22-48(69(42-24-33(2)53(62-10)34(3)25-42)43-26-35(4)54(63-11)36(5)27-43)51(57)52-49(23-21-47(60)58(52)68-41-18-16-15-17-19-41)70(44-28-37(6)55(64-12)38(7)29-44)45-30-39(8)56(65-13)40(9)31-45/h20-31,41H,14-19,32H2,1-13H3. The Kier molecular flexibility index (Phi) is 17.4. The van der Waals surface area contributed by atoms with E-state index in [0.717, 1.165) is 137 Å². The molecule has 0 radical (unpaired) electrons. The molecule has 0 atom stereocenters. The van der Waals surface area contributed by atoms with E-state index in [1.165, 1.54) is 0 Å². The van der Waals surface area contributed by atoms with Gasteiger partial charge < -0.3 is 33.2 Å². The number of halogens is 2. The Morgan fingerprint density at radius 2 is 0.829 bits per heavy atom. The number of carbonyl (C=O) groups excluding carboxylic acids is 1. The topological polar surface area (TPSA) is 81.7 Å². The minimum Gasteiger partial charge on any atom is -0.496 e. The first-order chi connectivity index (χ1) is 33.5. The van der Waals surface area contributed by atoms with Gasteiger partial charge in [-0.05, 0) is 241 Å². The number of benzene rings is 6. The highest BCUT2D eigenvalue weighted by Crippen LogP contribution is 2.52. The fraction of sp³-hybridized carbons (Fsp3) is 0.362. The van der Waals surface area contributed by atoms with Crippen LogP contribution in [0.4, 0.5) is 0 Å². The van der Waals surface area contributed by atoms with E-state index >= 15 is 0 Å². The van der Waals surface area contributed by atoms with Crippen molar-refractivity contribution in [1.82, 2.24) is 0 Å². The molecule has 7 rings (SSSR count). The van der Waals surface area contributed by atoms with Gasteiger partial charge in [0.05, 0.1) is 51.2 Å². The number of hydrogen-bond donors (Lipinski definition) is 0. The van der Waals surface area contributed by atoms with Gasteiger partial charge in [-0.15, -0.1) is 0 Å². The second kappa shape index (κ2) is 23.1. The first kappa shape index (κ1) is 52.8. The van der Waals surface area contributed by atoms with Crippen molar-refractivity contribution in [2.24, 2.45) is 0 Å². The maximum atomic E-state index is 13.4. The second-order valence-corrected chi connectivity index (χ2v) is 23.3. The summed E-state index contributed by atoms with van der Waals surface area (Å²) >= 11 is 15.1. The molecule has 1 saturated carbocycles. The molecule has 1 aliphatic carbocycles. The maximum absolute atomic E-state index is 13.4. The Balaban J connectivity index is 1.71. The van der Waals surface area contributed by atoms with Gasteiger partial charge in [-0.3, -0.25) is 0 Å². The first-order valence-electron chi connectivity index (χ1n) is 23.9. The van der Waals surface area contributed by atoms with Gasteiger partial charge in [-0.25, -0.2) is 4.79 Å². The van der Waals surface area contributed by atoms with Gasteiger partial charge in [0.2, 0.25) is 0 Å². The molecule has 6 aromatic rings. The van der Waals surface area contributed by atoms with Crippen LogP contribution >= 0.6 is 39.0 Å². The van der Waals surface area contributed by atoms with Crippen molar-refractivity contribution in [1.29, 1.82) is 0 Å². The third-order valence-corrected chi connectivity index (χ3v) is 18.4. The molecule has 0 N–H and O–H groups in total. The second-order valence-electron chi connectivity index (χ2n) is 18.1. The minimum atomic E-state index is -1.46. The molecule has 370 valence electrons. The molecule has 0 saturated heterocycles. The summed E-state index contributed by atoms with van der Waals surface area (Å²) in [5.41, 5.74) is 9.53. The molecule has 6 aromatic carbocycles. The number of esters is 1. The van der Waals surface area contributed by atoms with E-state index in [2.05, 4.69) is 116 Å². The summed E-state index contributed by atoms with van der Waals surface area (Å²) < 4.78 is 43.4. The van der Waals surface area contributed by atoms with Crippen molar-refractivity contribution in [2.45, 2.75) is 101 Å². The van der Waals surface area contributed by atoms with E-state index in [4.69, 9.17) is 56.4 Å². The van der Waals surface area contributed by atoms with Gasteiger partial charge in [0.25, 0.3) is 0 Å². The van der Waals surface area contributed by atoms with Crippen molar-refractivity contribution >= 4 is 76.8 Å². The van der Waals surface area contributed by atoms with Crippen LogP contribution in [0.15, 0.2) is 72.8 Å². The number of ether oxygens (including phenoxy) is 7. The van der Waals surface area contributed by atoms with Crippen LogP contribution in [0.25, 0.3) is 11.1 Å². The Morgan fingerprint density at radius 3 is 1.16 bits per heavy atom. The fourth-order valence-electron chi connectivity index (χ4n) is 10.3. The van der Waals surface area contributed by atoms with Gasteiger partial charge in [0, 0.05) is 11.1 Å². The molecular weight excluding hydrogens is 957 g/mol. The van der Waals surface area contributed by atoms with E-state index in [0.29, 0.717) is 27.1 Å². The highest BCUT2D eigenvalue weighted by Gasteiger charge is 2.35. The quantitative estimate of drug-likeness (QED) is 0.0660. The molecule has 0 heterocycles. The Labute approximate surface area is 427 Å². The lowest BCUT2D eigenvalue weighted by Gasteiger charge is -2.32. The van der Waals surface area contributed by atoms with Crippen LogP contribution in [-0.4, -0.2) is 53.7 Å². The van der Waals surface area contributed by atoms with Crippen molar-refractivity contribution in [2.75, 3.05) is 41.7 Å². The van der Waals surface area contributed by atoms with Crippen LogP contribution in [-0.2, 0) is 9.53 Å². The maximum Gasteiger partial charge on any atom is 0.344 e. The molecule has 0 amide bonds. The number of aryl methyl sites for hydroxylation is 8. The predicted octanol–water partition coefficient (Wildman–Crippen LogP) is 12.3. The number of hydrogen-bond acceptors (Lipinski definition) is 8. The molecule has 0 aromatic heterocycles.